The molecule has 1 aromatic carbocycles. The standard InChI is InChI=1S/C20H26N2O3/c1-20(2)14-10-22(18(23)16(21)13-8-9-13)17(15(14)20)19(24)25-11-12-6-4-3-5-7-12/h3-7,13-17H,8-11,21H2,1-2H3/t14-,15-,16-,17-/m0/s1. The number of piperidine rings is 1. The highest BCUT2D eigenvalue weighted by atomic mass is 16.5. The van der Waals surface area contributed by atoms with Gasteiger partial charge in [0.1, 0.15) is 12.6 Å². The molecule has 0 bridgehead atoms. The molecule has 1 saturated heterocycles. The zero-order valence-electron chi connectivity index (χ0n) is 14.9. The fraction of sp³-hybridized carbons (Fsp3) is 0.600. The summed E-state index contributed by atoms with van der Waals surface area (Å²) in [5.41, 5.74) is 7.16. The zero-order chi connectivity index (χ0) is 17.8. The van der Waals surface area contributed by atoms with Crippen molar-refractivity contribution in [3.63, 3.8) is 0 Å². The van der Waals surface area contributed by atoms with E-state index in [1.165, 1.54) is 0 Å². The number of nitrogens with two attached hydrogens (primary N) is 1. The molecule has 0 radical (unpaired) electrons. The Hall–Kier alpha value is -1.88. The largest absolute Gasteiger partial charge is 0.459 e. The fourth-order valence-corrected chi connectivity index (χ4v) is 4.44. The first-order chi connectivity index (χ1) is 11.9. The quantitative estimate of drug-likeness (QED) is 0.830. The van der Waals surface area contributed by atoms with E-state index in [-0.39, 0.29) is 29.8 Å². The molecule has 4 rings (SSSR count). The molecule has 5 heteroatoms. The Morgan fingerprint density at radius 2 is 1.96 bits per heavy atom. The van der Waals surface area contributed by atoms with Gasteiger partial charge in [-0.15, -0.1) is 0 Å². The lowest BCUT2D eigenvalue weighted by Crippen LogP contribution is -2.52. The Kier molecular flexibility index (Phi) is 3.87. The average Bonchev–Trinajstić information content (AvgIpc) is 3.48. The van der Waals surface area contributed by atoms with Crippen LogP contribution in [0.2, 0.25) is 0 Å². The van der Waals surface area contributed by atoms with Crippen LogP contribution in [-0.4, -0.2) is 35.4 Å². The number of rotatable bonds is 5. The topological polar surface area (TPSA) is 72.6 Å². The summed E-state index contributed by atoms with van der Waals surface area (Å²) in [5.74, 6) is 0.479. The predicted octanol–water partition coefficient (Wildman–Crippen LogP) is 1.95. The maximum atomic E-state index is 12.8. The van der Waals surface area contributed by atoms with Crippen LogP contribution in [-0.2, 0) is 20.9 Å². The monoisotopic (exact) mass is 342 g/mol. The Labute approximate surface area is 148 Å². The second-order valence-corrected chi connectivity index (χ2v) is 8.35. The molecule has 2 N–H and O–H groups in total. The molecule has 1 aliphatic heterocycles. The van der Waals surface area contributed by atoms with E-state index in [1.54, 1.807) is 4.90 Å². The second kappa shape index (κ2) is 5.84. The first kappa shape index (κ1) is 16.6. The van der Waals surface area contributed by atoms with E-state index < -0.39 is 12.1 Å². The summed E-state index contributed by atoms with van der Waals surface area (Å²) in [5, 5.41) is 0. The van der Waals surface area contributed by atoms with Crippen molar-refractivity contribution in [1.82, 2.24) is 4.90 Å². The molecule has 1 aromatic rings. The van der Waals surface area contributed by atoms with E-state index in [0.29, 0.717) is 18.4 Å². The summed E-state index contributed by atoms with van der Waals surface area (Å²) in [4.78, 5) is 27.3. The Bertz CT molecular complexity index is 683. The minimum atomic E-state index is -0.485. The van der Waals surface area contributed by atoms with E-state index in [2.05, 4.69) is 13.8 Å². The maximum Gasteiger partial charge on any atom is 0.329 e. The third-order valence-electron chi connectivity index (χ3n) is 6.37. The Balaban J connectivity index is 1.47. The minimum Gasteiger partial charge on any atom is -0.459 e. The molecule has 2 saturated carbocycles. The lowest BCUT2D eigenvalue weighted by molar-refractivity contribution is -0.157. The number of ether oxygens (including phenoxy) is 1. The normalized spacial score (nSPS) is 30.5. The fourth-order valence-electron chi connectivity index (χ4n) is 4.44. The molecule has 4 atom stereocenters. The van der Waals surface area contributed by atoms with Gasteiger partial charge in [0.05, 0.1) is 6.04 Å². The van der Waals surface area contributed by atoms with E-state index >= 15 is 0 Å². The van der Waals surface area contributed by atoms with Crippen LogP contribution in [0, 0.1) is 23.2 Å². The van der Waals surface area contributed by atoms with Gasteiger partial charge in [-0.1, -0.05) is 44.2 Å². The molecule has 25 heavy (non-hydrogen) atoms. The van der Waals surface area contributed by atoms with Gasteiger partial charge in [-0.25, -0.2) is 4.79 Å². The van der Waals surface area contributed by atoms with Crippen LogP contribution in [0.4, 0.5) is 0 Å². The van der Waals surface area contributed by atoms with Gasteiger partial charge in [0.2, 0.25) is 5.91 Å². The number of likely N-dealkylation sites (tertiary alicyclic amines) is 1. The highest BCUT2D eigenvalue weighted by Gasteiger charge is 2.70. The highest BCUT2D eigenvalue weighted by molar-refractivity contribution is 5.89. The number of benzene rings is 1. The van der Waals surface area contributed by atoms with Crippen LogP contribution in [0.25, 0.3) is 0 Å². The lowest BCUT2D eigenvalue weighted by Gasteiger charge is -2.31. The highest BCUT2D eigenvalue weighted by Crippen LogP contribution is 2.65. The number of carbonyl (C=O) groups is 2. The van der Waals surface area contributed by atoms with Gasteiger partial charge in [0.25, 0.3) is 0 Å². The van der Waals surface area contributed by atoms with Gasteiger partial charge < -0.3 is 15.4 Å². The molecule has 0 unspecified atom stereocenters. The number of carbonyl (C=O) groups excluding carboxylic acids is 2. The van der Waals surface area contributed by atoms with Gasteiger partial charge in [-0.3, -0.25) is 4.79 Å². The van der Waals surface area contributed by atoms with Crippen molar-refractivity contribution in [1.29, 1.82) is 0 Å². The predicted molar refractivity (Wildman–Crippen MR) is 93.2 cm³/mol. The van der Waals surface area contributed by atoms with Crippen molar-refractivity contribution >= 4 is 11.9 Å². The van der Waals surface area contributed by atoms with E-state index in [9.17, 15) is 9.59 Å². The first-order valence-corrected chi connectivity index (χ1v) is 9.18. The van der Waals surface area contributed by atoms with Gasteiger partial charge >= 0.3 is 5.97 Å². The third-order valence-corrected chi connectivity index (χ3v) is 6.37. The van der Waals surface area contributed by atoms with Crippen molar-refractivity contribution < 1.29 is 14.3 Å². The van der Waals surface area contributed by atoms with Crippen LogP contribution in [0.3, 0.4) is 0 Å². The molecule has 2 aliphatic carbocycles. The van der Waals surface area contributed by atoms with Crippen LogP contribution in [0.15, 0.2) is 30.3 Å². The van der Waals surface area contributed by atoms with Crippen molar-refractivity contribution in [2.24, 2.45) is 28.9 Å². The molecule has 0 aromatic heterocycles. The Morgan fingerprint density at radius 3 is 2.60 bits per heavy atom. The van der Waals surface area contributed by atoms with Gasteiger partial charge in [-0.05, 0) is 35.7 Å². The molecule has 1 heterocycles. The molecule has 134 valence electrons. The summed E-state index contributed by atoms with van der Waals surface area (Å²) in [6, 6.07) is 8.67. The summed E-state index contributed by atoms with van der Waals surface area (Å²) in [7, 11) is 0. The SMILES string of the molecule is CC1(C)[C@@H]2[C@@H](C(=O)OCc3ccccc3)N(C(=O)[C@@H](N)C3CC3)C[C@@H]21. The number of esters is 1. The van der Waals surface area contributed by atoms with Crippen molar-refractivity contribution in [2.75, 3.05) is 6.54 Å². The lowest BCUT2D eigenvalue weighted by atomic mass is 10.00. The summed E-state index contributed by atoms with van der Waals surface area (Å²) in [6.07, 6.45) is 2.03. The van der Waals surface area contributed by atoms with Crippen LogP contribution in [0.1, 0.15) is 32.3 Å². The summed E-state index contributed by atoms with van der Waals surface area (Å²) < 4.78 is 5.57. The third kappa shape index (κ3) is 2.84. The molecule has 3 aliphatic rings. The van der Waals surface area contributed by atoms with Crippen molar-refractivity contribution in [3.05, 3.63) is 35.9 Å². The van der Waals surface area contributed by atoms with Gasteiger partial charge in [0.15, 0.2) is 0 Å². The molecule has 1 amide bonds. The summed E-state index contributed by atoms with van der Waals surface area (Å²) >= 11 is 0. The number of hydrogen-bond acceptors (Lipinski definition) is 4. The second-order valence-electron chi connectivity index (χ2n) is 8.35. The molecule has 3 fully saturated rings. The summed E-state index contributed by atoms with van der Waals surface area (Å²) in [6.45, 7) is 5.21. The van der Waals surface area contributed by atoms with Gasteiger partial charge in [-0.2, -0.15) is 0 Å². The first-order valence-electron chi connectivity index (χ1n) is 9.18. The van der Waals surface area contributed by atoms with E-state index in [0.717, 1.165) is 18.4 Å². The average molecular weight is 342 g/mol. The maximum absolute atomic E-state index is 12.8. The molecular formula is C20H26N2O3. The zero-order valence-corrected chi connectivity index (χ0v) is 14.9. The Morgan fingerprint density at radius 1 is 1.28 bits per heavy atom. The number of nitrogens with zero attached hydrogens (tertiary/aromatic N) is 1. The van der Waals surface area contributed by atoms with Crippen molar-refractivity contribution in [2.45, 2.75) is 45.4 Å². The smallest absolute Gasteiger partial charge is 0.329 e. The van der Waals surface area contributed by atoms with Crippen LogP contribution >= 0.6 is 0 Å². The van der Waals surface area contributed by atoms with E-state index in [4.69, 9.17) is 10.5 Å². The molecular weight excluding hydrogens is 316 g/mol. The number of fused-ring (bicyclic) bond motifs is 1. The van der Waals surface area contributed by atoms with Gasteiger partial charge in [0, 0.05) is 12.5 Å². The number of amides is 1. The molecule has 5 nitrogen and oxygen atoms in total. The van der Waals surface area contributed by atoms with Crippen LogP contribution in [0.5, 0.6) is 0 Å². The van der Waals surface area contributed by atoms with Crippen LogP contribution < -0.4 is 5.73 Å². The van der Waals surface area contributed by atoms with Crippen molar-refractivity contribution in [3.8, 4) is 0 Å². The minimum absolute atomic E-state index is 0.0767. The molecule has 0 spiro atoms. The van der Waals surface area contributed by atoms with E-state index in [1.807, 2.05) is 30.3 Å². The number of hydrogen-bond donors (Lipinski definition) is 1.